The largest absolute Gasteiger partial charge is 0.431 e. The molecule has 0 aliphatic carbocycles. The Labute approximate surface area is 49.1 Å². The van der Waals surface area contributed by atoms with Gasteiger partial charge in [-0.1, -0.05) is 11.6 Å². The second kappa shape index (κ2) is 1.77. The van der Waals surface area contributed by atoms with Crippen LogP contribution < -0.4 is 0 Å². The van der Waals surface area contributed by atoms with Gasteiger partial charge in [0.25, 0.3) is 0 Å². The van der Waals surface area contributed by atoms with Gasteiger partial charge >= 0.3 is 6.18 Å². The zero-order valence-corrected chi connectivity index (χ0v) is 4.72. The molecule has 5 heteroatoms. The second-order valence-electron chi connectivity index (χ2n) is 1.45. The van der Waals surface area contributed by atoms with E-state index in [2.05, 4.69) is 11.6 Å². The lowest BCUT2D eigenvalue weighted by molar-refractivity contribution is -0.217. The monoisotopic (exact) mass is 148 g/mol. The van der Waals surface area contributed by atoms with Gasteiger partial charge in [-0.25, -0.2) is 0 Å². The molecule has 0 heterocycles. The van der Waals surface area contributed by atoms with E-state index in [0.29, 0.717) is 6.92 Å². The van der Waals surface area contributed by atoms with Crippen molar-refractivity contribution in [3.8, 4) is 0 Å². The molecule has 50 valence electrons. The van der Waals surface area contributed by atoms with E-state index in [1.54, 1.807) is 0 Å². The van der Waals surface area contributed by atoms with Crippen molar-refractivity contribution in [3.05, 3.63) is 0 Å². The van der Waals surface area contributed by atoms with Crippen molar-refractivity contribution < 1.29 is 18.3 Å². The van der Waals surface area contributed by atoms with Gasteiger partial charge in [-0.2, -0.15) is 13.2 Å². The summed E-state index contributed by atoms with van der Waals surface area (Å²) in [6.07, 6.45) is -4.74. The third-order valence-electron chi connectivity index (χ3n) is 0.517. The average Bonchev–Trinajstić information content (AvgIpc) is 1.25. The zero-order chi connectivity index (χ0) is 7.00. The van der Waals surface area contributed by atoms with E-state index in [4.69, 9.17) is 5.11 Å². The highest BCUT2D eigenvalue weighted by atomic mass is 35.5. The van der Waals surface area contributed by atoms with Crippen LogP contribution >= 0.6 is 11.6 Å². The van der Waals surface area contributed by atoms with Gasteiger partial charge in [-0.3, -0.25) is 0 Å². The predicted molar refractivity (Wildman–Crippen MR) is 22.5 cm³/mol. The molecule has 1 N–H and O–H groups in total. The smallest absolute Gasteiger partial charge is 0.368 e. The molecule has 0 aromatic heterocycles. The molecule has 0 amide bonds. The van der Waals surface area contributed by atoms with E-state index in [1.165, 1.54) is 0 Å². The Morgan fingerprint density at radius 1 is 1.38 bits per heavy atom. The average molecular weight is 149 g/mol. The van der Waals surface area contributed by atoms with Gasteiger partial charge in [0, 0.05) is 0 Å². The maximum absolute atomic E-state index is 11.2. The van der Waals surface area contributed by atoms with E-state index in [-0.39, 0.29) is 0 Å². The van der Waals surface area contributed by atoms with Crippen LogP contribution in [0.25, 0.3) is 0 Å². The van der Waals surface area contributed by atoms with E-state index >= 15 is 0 Å². The summed E-state index contributed by atoms with van der Waals surface area (Å²) in [5.74, 6) is 0. The van der Waals surface area contributed by atoms with Crippen LogP contribution in [0.2, 0.25) is 0 Å². The Kier molecular flexibility index (Phi) is 1.78. The van der Waals surface area contributed by atoms with Gasteiger partial charge in [0.2, 0.25) is 5.06 Å². The van der Waals surface area contributed by atoms with Gasteiger partial charge in [-0.15, -0.1) is 0 Å². The van der Waals surface area contributed by atoms with Crippen LogP contribution in [0, 0.1) is 0 Å². The van der Waals surface area contributed by atoms with Gasteiger partial charge in [-0.05, 0) is 6.92 Å². The topological polar surface area (TPSA) is 20.2 Å². The van der Waals surface area contributed by atoms with Gasteiger partial charge in [0.05, 0.1) is 0 Å². The highest BCUT2D eigenvalue weighted by Gasteiger charge is 2.48. The SMILES string of the molecule is C[C@@](O)(Cl)C(F)(F)F. The molecular formula is C3H4ClF3O. The van der Waals surface area contributed by atoms with Crippen molar-refractivity contribution in [3.63, 3.8) is 0 Å². The normalized spacial score (nSPS) is 20.2. The molecule has 0 aromatic carbocycles. The molecule has 0 unspecified atom stereocenters. The fourth-order valence-electron chi connectivity index (χ4n) is 0. The molecule has 0 aromatic rings. The zero-order valence-electron chi connectivity index (χ0n) is 3.96. The lowest BCUT2D eigenvalue weighted by atomic mass is 10.4. The minimum absolute atomic E-state index is 0.467. The quantitative estimate of drug-likeness (QED) is 0.516. The van der Waals surface area contributed by atoms with Crippen molar-refractivity contribution in [1.29, 1.82) is 0 Å². The first-order valence-corrected chi connectivity index (χ1v) is 2.11. The molecule has 0 aliphatic rings. The Morgan fingerprint density at radius 2 is 1.50 bits per heavy atom. The first kappa shape index (κ1) is 8.04. The Morgan fingerprint density at radius 3 is 1.50 bits per heavy atom. The standard InChI is InChI=1S/C3H4ClF3O/c1-2(4,8)3(5,6)7/h8H,1H3/t2-/m0/s1. The van der Waals surface area contributed by atoms with Crippen LogP contribution in [-0.4, -0.2) is 16.3 Å². The molecule has 0 fully saturated rings. The molecule has 0 spiro atoms. The van der Waals surface area contributed by atoms with Gasteiger partial charge in [0.15, 0.2) is 0 Å². The molecule has 0 aliphatic heterocycles. The number of hydrogen-bond acceptors (Lipinski definition) is 1. The van der Waals surface area contributed by atoms with Crippen molar-refractivity contribution >= 4 is 11.6 Å². The molecule has 0 radical (unpaired) electrons. The summed E-state index contributed by atoms with van der Waals surface area (Å²) in [6.45, 7) is 0.467. The van der Waals surface area contributed by atoms with Crippen LogP contribution in [-0.2, 0) is 0 Å². The Balaban J connectivity index is 4.02. The van der Waals surface area contributed by atoms with Crippen LogP contribution in [0.1, 0.15) is 6.92 Å². The Bertz CT molecular complexity index is 69.5. The third-order valence-corrected chi connectivity index (χ3v) is 0.732. The summed E-state index contributed by atoms with van der Waals surface area (Å²) in [4.78, 5) is 0. The van der Waals surface area contributed by atoms with Crippen LogP contribution in [0.5, 0.6) is 0 Å². The minimum atomic E-state index is -4.74. The van der Waals surface area contributed by atoms with E-state index in [1.807, 2.05) is 0 Å². The summed E-state index contributed by atoms with van der Waals surface area (Å²) >= 11 is 4.44. The summed E-state index contributed by atoms with van der Waals surface area (Å²) in [7, 11) is 0. The van der Waals surface area contributed by atoms with Crippen LogP contribution in [0.15, 0.2) is 0 Å². The highest BCUT2D eigenvalue weighted by Crippen LogP contribution is 2.32. The number of hydrogen-bond donors (Lipinski definition) is 1. The number of alkyl halides is 4. The number of rotatable bonds is 0. The summed E-state index contributed by atoms with van der Waals surface area (Å²) < 4.78 is 33.5. The lowest BCUT2D eigenvalue weighted by Gasteiger charge is -2.17. The first-order valence-electron chi connectivity index (χ1n) is 1.73. The highest BCUT2D eigenvalue weighted by molar-refractivity contribution is 6.22. The van der Waals surface area contributed by atoms with Gasteiger partial charge in [0.1, 0.15) is 0 Å². The molecule has 1 nitrogen and oxygen atoms in total. The molecule has 1 atom stereocenters. The summed E-state index contributed by atoms with van der Waals surface area (Å²) in [6, 6.07) is 0. The number of aliphatic hydroxyl groups is 1. The Hall–Kier alpha value is 0.0400. The predicted octanol–water partition coefficient (Wildman–Crippen LogP) is 1.50. The second-order valence-corrected chi connectivity index (χ2v) is 2.19. The molecule has 0 saturated carbocycles. The van der Waals surface area contributed by atoms with E-state index < -0.39 is 11.2 Å². The molecule has 0 saturated heterocycles. The molecular weight excluding hydrogens is 144 g/mol. The van der Waals surface area contributed by atoms with Crippen LogP contribution in [0.4, 0.5) is 13.2 Å². The summed E-state index contributed by atoms with van der Waals surface area (Å²) in [5.41, 5.74) is 0. The van der Waals surface area contributed by atoms with E-state index in [0.717, 1.165) is 0 Å². The van der Waals surface area contributed by atoms with Crippen molar-refractivity contribution in [2.45, 2.75) is 18.2 Å². The molecule has 0 rings (SSSR count). The fourth-order valence-corrected chi connectivity index (χ4v) is 0. The van der Waals surface area contributed by atoms with Crippen LogP contribution in [0.3, 0.4) is 0 Å². The minimum Gasteiger partial charge on any atom is -0.368 e. The fraction of sp³-hybridized carbons (Fsp3) is 1.00. The molecule has 8 heavy (non-hydrogen) atoms. The summed E-state index contributed by atoms with van der Waals surface area (Å²) in [5, 5.41) is 4.90. The van der Waals surface area contributed by atoms with Crippen molar-refractivity contribution in [2.75, 3.05) is 0 Å². The maximum Gasteiger partial charge on any atom is 0.431 e. The van der Waals surface area contributed by atoms with E-state index in [9.17, 15) is 13.2 Å². The van der Waals surface area contributed by atoms with Gasteiger partial charge < -0.3 is 5.11 Å². The van der Waals surface area contributed by atoms with Crippen molar-refractivity contribution in [2.24, 2.45) is 0 Å². The third kappa shape index (κ3) is 1.88. The first-order chi connectivity index (χ1) is 3.25. The maximum atomic E-state index is 11.2. The molecule has 0 bridgehead atoms. The number of halogens is 4. The van der Waals surface area contributed by atoms with Crippen molar-refractivity contribution in [1.82, 2.24) is 0 Å². The lowest BCUT2D eigenvalue weighted by Crippen LogP contribution is -2.35.